The number of hydrogen-bond donors (Lipinski definition) is 1. The summed E-state index contributed by atoms with van der Waals surface area (Å²) in [4.78, 5) is 23.1. The van der Waals surface area contributed by atoms with Crippen LogP contribution in [0.1, 0.15) is 43.4 Å². The zero-order chi connectivity index (χ0) is 18.8. The van der Waals surface area contributed by atoms with Gasteiger partial charge in [0.25, 0.3) is 0 Å². The van der Waals surface area contributed by atoms with Crippen LogP contribution < -0.4 is 5.73 Å². The van der Waals surface area contributed by atoms with Crippen molar-refractivity contribution in [2.75, 3.05) is 13.6 Å². The summed E-state index contributed by atoms with van der Waals surface area (Å²) in [5, 5.41) is 5.69. The molecule has 0 unspecified atom stereocenters. The first-order chi connectivity index (χ1) is 13.1. The Morgan fingerprint density at radius 1 is 1.22 bits per heavy atom. The first-order valence-corrected chi connectivity index (χ1v) is 9.42. The van der Waals surface area contributed by atoms with E-state index in [1.807, 2.05) is 35.0 Å². The molecule has 1 atom stereocenters. The number of benzene rings is 1. The minimum absolute atomic E-state index is 0.0363. The molecule has 27 heavy (non-hydrogen) atoms. The first-order valence-electron chi connectivity index (χ1n) is 9.42. The highest BCUT2D eigenvalue weighted by molar-refractivity contribution is 5.86. The molecule has 0 saturated carbocycles. The van der Waals surface area contributed by atoms with Gasteiger partial charge in [-0.15, -0.1) is 0 Å². The number of nitrogens with two attached hydrogens (primary N) is 1. The molecule has 0 radical (unpaired) electrons. The summed E-state index contributed by atoms with van der Waals surface area (Å²) in [6, 6.07) is 10.1. The molecule has 2 aromatic heterocycles. The lowest BCUT2D eigenvalue weighted by Gasteiger charge is -2.25. The highest BCUT2D eigenvalue weighted by Gasteiger charge is 2.27. The molecule has 1 aliphatic rings. The van der Waals surface area contributed by atoms with E-state index in [-0.39, 0.29) is 12.5 Å². The second-order valence-corrected chi connectivity index (χ2v) is 7.14. The number of pyridine rings is 1. The monoisotopic (exact) mass is 364 g/mol. The molecule has 3 aromatic rings. The SMILES string of the molecule is CN1CCCCC[C@@H]1c1nc(CC(N)=O)nn1-c1cccc2cccnc12. The van der Waals surface area contributed by atoms with Crippen LogP contribution in [0.3, 0.4) is 0 Å². The summed E-state index contributed by atoms with van der Waals surface area (Å²) < 4.78 is 1.86. The summed E-state index contributed by atoms with van der Waals surface area (Å²) in [6.45, 7) is 1.02. The minimum Gasteiger partial charge on any atom is -0.369 e. The van der Waals surface area contributed by atoms with Crippen molar-refractivity contribution in [2.45, 2.75) is 38.1 Å². The number of nitrogens with zero attached hydrogens (tertiary/aromatic N) is 5. The van der Waals surface area contributed by atoms with Gasteiger partial charge in [0.05, 0.1) is 23.7 Å². The Kier molecular flexibility index (Phi) is 4.85. The minimum atomic E-state index is -0.427. The van der Waals surface area contributed by atoms with Crippen molar-refractivity contribution in [2.24, 2.45) is 5.73 Å². The van der Waals surface area contributed by atoms with Gasteiger partial charge in [0, 0.05) is 11.6 Å². The summed E-state index contributed by atoms with van der Waals surface area (Å²) in [7, 11) is 2.13. The van der Waals surface area contributed by atoms with E-state index in [4.69, 9.17) is 10.7 Å². The van der Waals surface area contributed by atoms with E-state index in [1.165, 1.54) is 12.8 Å². The zero-order valence-electron chi connectivity index (χ0n) is 15.5. The van der Waals surface area contributed by atoms with Crippen LogP contribution in [0.25, 0.3) is 16.6 Å². The number of aromatic nitrogens is 4. The third-order valence-corrected chi connectivity index (χ3v) is 5.17. The van der Waals surface area contributed by atoms with E-state index in [2.05, 4.69) is 22.0 Å². The van der Waals surface area contributed by atoms with Crippen LogP contribution in [0.4, 0.5) is 0 Å². The molecule has 4 rings (SSSR count). The number of hydrogen-bond acceptors (Lipinski definition) is 5. The molecular weight excluding hydrogens is 340 g/mol. The summed E-state index contributed by atoms with van der Waals surface area (Å²) in [5.74, 6) is 0.890. The molecule has 1 amide bonds. The highest BCUT2D eigenvalue weighted by Crippen LogP contribution is 2.30. The molecule has 0 spiro atoms. The van der Waals surface area contributed by atoms with E-state index in [0.29, 0.717) is 5.82 Å². The van der Waals surface area contributed by atoms with E-state index in [0.717, 1.165) is 41.8 Å². The molecule has 1 fully saturated rings. The van der Waals surface area contributed by atoms with Crippen LogP contribution in [0, 0.1) is 0 Å². The Bertz CT molecular complexity index is 961. The van der Waals surface area contributed by atoms with Gasteiger partial charge in [-0.3, -0.25) is 14.7 Å². The van der Waals surface area contributed by atoms with Crippen LogP contribution in [0.15, 0.2) is 36.5 Å². The summed E-state index contributed by atoms with van der Waals surface area (Å²) in [5.41, 5.74) is 7.14. The lowest BCUT2D eigenvalue weighted by Crippen LogP contribution is -2.26. The number of rotatable bonds is 4. The lowest BCUT2D eigenvalue weighted by atomic mass is 10.1. The molecule has 7 heteroatoms. The van der Waals surface area contributed by atoms with Crippen LogP contribution in [-0.4, -0.2) is 44.1 Å². The van der Waals surface area contributed by atoms with Gasteiger partial charge in [0.1, 0.15) is 5.82 Å². The summed E-state index contributed by atoms with van der Waals surface area (Å²) in [6.07, 6.45) is 6.40. The van der Waals surface area contributed by atoms with Crippen LogP contribution in [-0.2, 0) is 11.2 Å². The number of para-hydroxylation sites is 1. The second-order valence-electron chi connectivity index (χ2n) is 7.14. The Hall–Kier alpha value is -2.80. The van der Waals surface area contributed by atoms with Crippen molar-refractivity contribution < 1.29 is 4.79 Å². The topological polar surface area (TPSA) is 89.9 Å². The van der Waals surface area contributed by atoms with Gasteiger partial charge >= 0.3 is 0 Å². The standard InChI is InChI=1S/C20H24N6O/c1-25-12-4-2-3-9-16(25)20-23-18(13-17(21)27)24-26(20)15-10-5-7-14-8-6-11-22-19(14)15/h5-8,10-11,16H,2-4,9,12-13H2,1H3,(H2,21,27)/t16-/m1/s1. The fourth-order valence-corrected chi connectivity index (χ4v) is 3.83. The fourth-order valence-electron chi connectivity index (χ4n) is 3.83. The maximum atomic E-state index is 11.4. The second kappa shape index (κ2) is 7.44. The van der Waals surface area contributed by atoms with Crippen molar-refractivity contribution in [1.29, 1.82) is 0 Å². The van der Waals surface area contributed by atoms with Crippen LogP contribution in [0.2, 0.25) is 0 Å². The molecule has 140 valence electrons. The van der Waals surface area contributed by atoms with Crippen molar-refractivity contribution >= 4 is 16.8 Å². The molecule has 1 saturated heterocycles. The molecule has 1 aromatic carbocycles. The van der Waals surface area contributed by atoms with Crippen molar-refractivity contribution in [1.82, 2.24) is 24.6 Å². The van der Waals surface area contributed by atoms with Crippen LogP contribution >= 0.6 is 0 Å². The van der Waals surface area contributed by atoms with Crippen molar-refractivity contribution in [3.8, 4) is 5.69 Å². The first kappa shape index (κ1) is 17.6. The average Bonchev–Trinajstić information content (AvgIpc) is 2.93. The summed E-state index contributed by atoms with van der Waals surface area (Å²) >= 11 is 0. The Labute approximate surface area is 158 Å². The van der Waals surface area contributed by atoms with Gasteiger partial charge in [0.2, 0.25) is 5.91 Å². The van der Waals surface area contributed by atoms with Gasteiger partial charge < -0.3 is 5.73 Å². The number of amides is 1. The maximum Gasteiger partial charge on any atom is 0.225 e. The van der Waals surface area contributed by atoms with Gasteiger partial charge in [-0.05, 0) is 38.6 Å². The predicted octanol–water partition coefficient (Wildman–Crippen LogP) is 2.39. The van der Waals surface area contributed by atoms with E-state index in [9.17, 15) is 4.79 Å². The van der Waals surface area contributed by atoms with E-state index >= 15 is 0 Å². The number of primary amides is 1. The molecule has 7 nitrogen and oxygen atoms in total. The van der Waals surface area contributed by atoms with E-state index in [1.54, 1.807) is 6.20 Å². The number of carbonyl (C=O) groups excluding carboxylic acids is 1. The van der Waals surface area contributed by atoms with Crippen molar-refractivity contribution in [3.63, 3.8) is 0 Å². The van der Waals surface area contributed by atoms with Gasteiger partial charge in [-0.2, -0.15) is 5.10 Å². The molecule has 1 aliphatic heterocycles. The number of likely N-dealkylation sites (tertiary alicyclic amines) is 1. The highest BCUT2D eigenvalue weighted by atomic mass is 16.1. The van der Waals surface area contributed by atoms with E-state index < -0.39 is 5.91 Å². The average molecular weight is 364 g/mol. The molecule has 0 bridgehead atoms. The zero-order valence-corrected chi connectivity index (χ0v) is 15.5. The molecule has 0 aliphatic carbocycles. The molecular formula is C20H24N6O. The fraction of sp³-hybridized carbons (Fsp3) is 0.400. The van der Waals surface area contributed by atoms with Crippen molar-refractivity contribution in [3.05, 3.63) is 48.2 Å². The lowest BCUT2D eigenvalue weighted by molar-refractivity contribution is -0.117. The smallest absolute Gasteiger partial charge is 0.225 e. The van der Waals surface area contributed by atoms with Gasteiger partial charge in [0.15, 0.2) is 5.82 Å². The Morgan fingerprint density at radius 2 is 2.07 bits per heavy atom. The quantitative estimate of drug-likeness (QED) is 0.768. The Morgan fingerprint density at radius 3 is 2.93 bits per heavy atom. The largest absolute Gasteiger partial charge is 0.369 e. The normalized spacial score (nSPS) is 18.5. The molecule has 3 heterocycles. The number of fused-ring (bicyclic) bond motifs is 1. The predicted molar refractivity (Wildman–Crippen MR) is 103 cm³/mol. The number of carbonyl (C=O) groups is 1. The van der Waals surface area contributed by atoms with Gasteiger partial charge in [-0.1, -0.05) is 31.0 Å². The maximum absolute atomic E-state index is 11.4. The van der Waals surface area contributed by atoms with Crippen LogP contribution in [0.5, 0.6) is 0 Å². The molecule has 2 N–H and O–H groups in total. The van der Waals surface area contributed by atoms with Gasteiger partial charge in [-0.25, -0.2) is 9.67 Å². The third-order valence-electron chi connectivity index (χ3n) is 5.17. The third kappa shape index (κ3) is 3.55. The Balaban J connectivity index is 1.87.